The van der Waals surface area contributed by atoms with Crippen molar-refractivity contribution in [2.75, 3.05) is 16.9 Å². The Balaban J connectivity index is 1.06. The van der Waals surface area contributed by atoms with E-state index in [0.29, 0.717) is 44.9 Å². The lowest BCUT2D eigenvalue weighted by Crippen LogP contribution is -2.43. The highest BCUT2D eigenvalue weighted by molar-refractivity contribution is 6.24. The first-order chi connectivity index (χ1) is 27.7. The van der Waals surface area contributed by atoms with Gasteiger partial charge >= 0.3 is 0 Å². The van der Waals surface area contributed by atoms with Gasteiger partial charge < -0.3 is 9.84 Å². The number of ether oxygens (including phenoxy) is 1. The van der Waals surface area contributed by atoms with Gasteiger partial charge in [-0.2, -0.15) is 0 Å². The van der Waals surface area contributed by atoms with E-state index in [-0.39, 0.29) is 36.1 Å². The number of methoxy groups -OCH3 is 1. The van der Waals surface area contributed by atoms with Gasteiger partial charge in [-0.3, -0.25) is 38.6 Å². The molecule has 0 aromatic heterocycles. The molecule has 6 atom stereocenters. The lowest BCUT2D eigenvalue weighted by atomic mass is 9.57. The van der Waals surface area contributed by atoms with Crippen LogP contribution in [0.2, 0.25) is 0 Å². The second kappa shape index (κ2) is 14.0. The maximum Gasteiger partial charge on any atom is 0.238 e. The number of fused-ring (bicyclic) bond motifs is 4. The molecular formula is C47H36N2O8. The van der Waals surface area contributed by atoms with Crippen LogP contribution in [-0.2, 0) is 19.2 Å². The van der Waals surface area contributed by atoms with Crippen LogP contribution in [0.25, 0.3) is 0 Å². The Morgan fingerprint density at radius 3 is 1.58 bits per heavy atom. The summed E-state index contributed by atoms with van der Waals surface area (Å²) in [6, 6.07) is 35.2. The van der Waals surface area contributed by atoms with E-state index in [4.69, 9.17) is 4.74 Å². The summed E-state index contributed by atoms with van der Waals surface area (Å²) in [5.41, 5.74) is 3.64. The van der Waals surface area contributed by atoms with E-state index >= 15 is 0 Å². The minimum Gasteiger partial charge on any atom is -0.508 e. The first kappa shape index (κ1) is 35.7. The lowest BCUT2D eigenvalue weighted by molar-refractivity contribution is -0.126. The molecule has 2 aliphatic carbocycles. The number of phenols is 1. The molecule has 0 unspecified atom stereocenters. The summed E-state index contributed by atoms with van der Waals surface area (Å²) >= 11 is 0. The Labute approximate surface area is 328 Å². The third kappa shape index (κ3) is 5.78. The minimum atomic E-state index is -0.903. The van der Waals surface area contributed by atoms with Crippen molar-refractivity contribution in [3.63, 3.8) is 0 Å². The number of imide groups is 2. The van der Waals surface area contributed by atoms with Crippen LogP contribution in [0.4, 0.5) is 11.4 Å². The van der Waals surface area contributed by atoms with Crippen molar-refractivity contribution in [3.8, 4) is 11.5 Å². The van der Waals surface area contributed by atoms with Gasteiger partial charge in [0.25, 0.3) is 0 Å². The molecular weight excluding hydrogens is 721 g/mol. The maximum absolute atomic E-state index is 14.6. The van der Waals surface area contributed by atoms with Crippen molar-refractivity contribution in [1.82, 2.24) is 0 Å². The van der Waals surface area contributed by atoms with E-state index in [0.717, 1.165) is 10.5 Å². The zero-order valence-electron chi connectivity index (χ0n) is 30.8. The summed E-state index contributed by atoms with van der Waals surface area (Å²) in [7, 11) is 1.48. The molecule has 0 spiro atoms. The standard InChI is InChI=1S/C47H36N2O8/c1-57-32-20-21-34(38(50)24-32)39-33-22-23-35-40(46(55)48(44(35)53)30-16-12-28(13-17-30)42(51)26-8-4-2-5-9-26)36(33)25-37-41(39)47(56)49(45(37)54)31-18-14-29(15-19-31)43(52)27-10-6-3-7-11-27/h2-22,24,35-37,39-41,50H,23,25H2,1H3/t35-,36+,37+,39+,40-,41+/m0/s1. The summed E-state index contributed by atoms with van der Waals surface area (Å²) in [5, 5.41) is 11.4. The highest BCUT2D eigenvalue weighted by atomic mass is 16.5. The predicted molar refractivity (Wildman–Crippen MR) is 210 cm³/mol. The average molecular weight is 757 g/mol. The van der Waals surface area contributed by atoms with Crippen LogP contribution in [0.5, 0.6) is 11.5 Å². The number of carbonyl (C=O) groups excluding carboxylic acids is 6. The zero-order valence-corrected chi connectivity index (χ0v) is 30.8. The molecule has 2 saturated heterocycles. The summed E-state index contributed by atoms with van der Waals surface area (Å²) in [6.45, 7) is 0. The number of aromatic hydroxyl groups is 1. The maximum atomic E-state index is 14.6. The van der Waals surface area contributed by atoms with Gasteiger partial charge in [0.05, 0.1) is 42.2 Å². The van der Waals surface area contributed by atoms with Crippen LogP contribution in [0.1, 0.15) is 56.2 Å². The summed E-state index contributed by atoms with van der Waals surface area (Å²) in [5.74, 6) is -6.41. The van der Waals surface area contributed by atoms with Gasteiger partial charge in [0.15, 0.2) is 11.6 Å². The van der Waals surface area contributed by atoms with E-state index in [9.17, 15) is 33.9 Å². The fourth-order valence-corrected chi connectivity index (χ4v) is 9.40. The van der Waals surface area contributed by atoms with Gasteiger partial charge in [-0.1, -0.05) is 78.4 Å². The van der Waals surface area contributed by atoms with Crippen molar-refractivity contribution in [2.24, 2.45) is 29.6 Å². The quantitative estimate of drug-likeness (QED) is 0.103. The van der Waals surface area contributed by atoms with Crippen LogP contribution in [-0.4, -0.2) is 47.4 Å². The largest absolute Gasteiger partial charge is 0.508 e. The molecule has 4 aliphatic rings. The summed E-state index contributed by atoms with van der Waals surface area (Å²) in [6.07, 6.45) is 2.29. The van der Waals surface area contributed by atoms with Crippen molar-refractivity contribution >= 4 is 46.6 Å². The Kier molecular flexibility index (Phi) is 8.76. The molecule has 4 amide bonds. The number of amides is 4. The Morgan fingerprint density at radius 1 is 0.579 bits per heavy atom. The zero-order chi connectivity index (χ0) is 39.5. The van der Waals surface area contributed by atoms with E-state index < -0.39 is 53.2 Å². The molecule has 10 nitrogen and oxygen atoms in total. The van der Waals surface area contributed by atoms with Crippen LogP contribution in [0, 0.1) is 29.6 Å². The van der Waals surface area contributed by atoms with E-state index in [2.05, 4.69) is 0 Å². The second-order valence-electron chi connectivity index (χ2n) is 15.0. The third-order valence-electron chi connectivity index (χ3n) is 12.1. The molecule has 9 rings (SSSR count). The van der Waals surface area contributed by atoms with Crippen LogP contribution >= 0.6 is 0 Å². The molecule has 10 heteroatoms. The molecule has 1 N–H and O–H groups in total. The van der Waals surface area contributed by atoms with E-state index in [1.807, 2.05) is 18.2 Å². The number of anilines is 2. The monoisotopic (exact) mass is 756 g/mol. The van der Waals surface area contributed by atoms with Crippen LogP contribution in [0.15, 0.2) is 139 Å². The smallest absolute Gasteiger partial charge is 0.238 e. The number of rotatable bonds is 8. The number of carbonyl (C=O) groups is 6. The lowest BCUT2D eigenvalue weighted by Gasteiger charge is -2.44. The first-order valence-corrected chi connectivity index (χ1v) is 18.9. The second-order valence-corrected chi connectivity index (χ2v) is 15.0. The SMILES string of the molecule is COc1ccc([C@H]2C3=CC[C@@H]4C(=O)N(c5ccc(C(=O)c6ccccc6)cc5)C(=O)[C@@H]4[C@@H]3C[C@H]3C(=O)N(c4ccc(C(=O)c5ccccc5)cc4)C(=O)[C@@H]23)c(O)c1. The normalized spacial score (nSPS) is 23.8. The van der Waals surface area contributed by atoms with Gasteiger partial charge in [0.1, 0.15) is 11.5 Å². The number of benzene rings is 5. The van der Waals surface area contributed by atoms with Gasteiger partial charge in [-0.15, -0.1) is 0 Å². The van der Waals surface area contributed by atoms with Crippen LogP contribution < -0.4 is 14.5 Å². The fraction of sp³-hybridized carbons (Fsp3) is 0.191. The fourth-order valence-electron chi connectivity index (χ4n) is 9.40. The highest BCUT2D eigenvalue weighted by Gasteiger charge is 2.62. The average Bonchev–Trinajstić information content (AvgIpc) is 3.66. The van der Waals surface area contributed by atoms with Crippen molar-refractivity contribution in [1.29, 1.82) is 0 Å². The number of ketones is 2. The predicted octanol–water partition coefficient (Wildman–Crippen LogP) is 6.91. The number of hydrogen-bond donors (Lipinski definition) is 1. The number of phenolic OH excluding ortho intramolecular Hbond substituents is 1. The molecule has 57 heavy (non-hydrogen) atoms. The molecule has 1 saturated carbocycles. The molecule has 0 bridgehead atoms. The van der Waals surface area contributed by atoms with Crippen molar-refractivity contribution < 1.29 is 38.6 Å². The highest BCUT2D eigenvalue weighted by Crippen LogP contribution is 2.59. The molecule has 2 heterocycles. The molecule has 282 valence electrons. The van der Waals surface area contributed by atoms with E-state index in [1.54, 1.807) is 109 Å². The first-order valence-electron chi connectivity index (χ1n) is 18.9. The molecule has 0 radical (unpaired) electrons. The van der Waals surface area contributed by atoms with Gasteiger partial charge in [0.2, 0.25) is 23.6 Å². The molecule has 5 aromatic rings. The molecule has 3 fully saturated rings. The molecule has 2 aliphatic heterocycles. The van der Waals surface area contributed by atoms with Gasteiger partial charge in [0, 0.05) is 39.8 Å². The van der Waals surface area contributed by atoms with Gasteiger partial charge in [-0.25, -0.2) is 0 Å². The third-order valence-corrected chi connectivity index (χ3v) is 12.1. The number of allylic oxidation sites excluding steroid dienone is 2. The minimum absolute atomic E-state index is 0.121. The Hall–Kier alpha value is -6.94. The number of hydrogen-bond acceptors (Lipinski definition) is 8. The van der Waals surface area contributed by atoms with Crippen LogP contribution in [0.3, 0.4) is 0 Å². The van der Waals surface area contributed by atoms with Crippen molar-refractivity contribution in [3.05, 3.63) is 167 Å². The summed E-state index contributed by atoms with van der Waals surface area (Å²) < 4.78 is 5.34. The summed E-state index contributed by atoms with van der Waals surface area (Å²) in [4.78, 5) is 86.2. The molecule has 5 aromatic carbocycles. The van der Waals surface area contributed by atoms with E-state index in [1.165, 1.54) is 18.1 Å². The Bertz CT molecular complexity index is 2510. The van der Waals surface area contributed by atoms with Gasteiger partial charge in [-0.05, 0) is 73.4 Å². The topological polar surface area (TPSA) is 138 Å². The van der Waals surface area contributed by atoms with Crippen molar-refractivity contribution in [2.45, 2.75) is 18.8 Å². The number of nitrogens with zero attached hydrogens (tertiary/aromatic N) is 2. The Morgan fingerprint density at radius 2 is 1.07 bits per heavy atom.